The molecular weight excluding hydrogens is 753 g/mol. The van der Waals surface area contributed by atoms with E-state index in [1.165, 1.54) is 12.1 Å². The number of hydrogen-bond acceptors (Lipinski definition) is 11. The van der Waals surface area contributed by atoms with Gasteiger partial charge >= 0.3 is 23.9 Å². The minimum atomic E-state index is -0.567. The standard InChI is InChI=1S/C48H50O11/c1-4-45(49)56-27-13-9-7-11-25-54-40-21-19-34-29-38(17-15-36(34)31-40)47(51)58-42-23-24-43(44(33-42)53-6-3)59-48(52)39-18-16-37-32-41(22-20-35(37)30-39)55-26-12-8-10-14-28-57-46(50)5-2/h4-5,15-24,29-33H,1-2,6-14,25-28H2,3H3. The van der Waals surface area contributed by atoms with Gasteiger partial charge in [-0.25, -0.2) is 19.2 Å². The molecule has 11 heteroatoms. The fraction of sp³-hybridized carbons (Fsp3) is 0.292. The summed E-state index contributed by atoms with van der Waals surface area (Å²) in [5, 5.41) is 3.53. The maximum absolute atomic E-state index is 13.3. The van der Waals surface area contributed by atoms with Gasteiger partial charge in [0.05, 0.1) is 44.2 Å². The van der Waals surface area contributed by atoms with Crippen molar-refractivity contribution in [1.29, 1.82) is 0 Å². The average molecular weight is 803 g/mol. The quantitative estimate of drug-likeness (QED) is 0.0255. The summed E-state index contributed by atoms with van der Waals surface area (Å²) in [6.07, 6.45) is 9.45. The molecule has 0 bridgehead atoms. The SMILES string of the molecule is C=CC(=O)OCCCCCCOc1ccc2cc(C(=O)Oc3ccc(OC(=O)c4ccc5cc(OCCCCCCOC(=O)C=C)ccc5c4)c(OCC)c3)ccc2c1. The van der Waals surface area contributed by atoms with Crippen LogP contribution < -0.4 is 23.7 Å². The number of esters is 4. The molecule has 5 rings (SSSR count). The van der Waals surface area contributed by atoms with Crippen molar-refractivity contribution in [3.8, 4) is 28.7 Å². The number of unbranched alkanes of at least 4 members (excludes halogenated alkanes) is 6. The molecule has 0 spiro atoms. The average Bonchev–Trinajstić information content (AvgIpc) is 3.25. The summed E-state index contributed by atoms with van der Waals surface area (Å²) >= 11 is 0. The van der Waals surface area contributed by atoms with Gasteiger partial charge in [0.1, 0.15) is 17.2 Å². The highest BCUT2D eigenvalue weighted by molar-refractivity contribution is 5.98. The minimum Gasteiger partial charge on any atom is -0.494 e. The van der Waals surface area contributed by atoms with E-state index >= 15 is 0 Å². The maximum atomic E-state index is 13.3. The molecule has 0 fully saturated rings. The number of rotatable bonds is 24. The monoisotopic (exact) mass is 802 g/mol. The van der Waals surface area contributed by atoms with Gasteiger partial charge in [-0.05, 0) is 140 Å². The zero-order valence-corrected chi connectivity index (χ0v) is 33.4. The van der Waals surface area contributed by atoms with E-state index in [-0.39, 0.29) is 17.2 Å². The van der Waals surface area contributed by atoms with Gasteiger partial charge in [0.25, 0.3) is 0 Å². The normalized spacial score (nSPS) is 10.7. The fourth-order valence-electron chi connectivity index (χ4n) is 6.07. The molecule has 5 aromatic carbocycles. The Morgan fingerprint density at radius 1 is 0.458 bits per heavy atom. The van der Waals surface area contributed by atoms with Gasteiger partial charge in [-0.15, -0.1) is 0 Å². The highest BCUT2D eigenvalue weighted by Crippen LogP contribution is 2.33. The number of benzene rings is 5. The molecule has 59 heavy (non-hydrogen) atoms. The molecule has 308 valence electrons. The van der Waals surface area contributed by atoms with Crippen molar-refractivity contribution < 1.29 is 52.3 Å². The molecule has 0 atom stereocenters. The van der Waals surface area contributed by atoms with Crippen LogP contribution in [0.25, 0.3) is 21.5 Å². The number of hydrogen-bond donors (Lipinski definition) is 0. The topological polar surface area (TPSA) is 133 Å². The second-order valence-corrected chi connectivity index (χ2v) is 13.5. The molecular formula is C48H50O11. The summed E-state index contributed by atoms with van der Waals surface area (Å²) in [5.41, 5.74) is 0.723. The zero-order valence-electron chi connectivity index (χ0n) is 33.4. The molecule has 0 aliphatic heterocycles. The fourth-order valence-corrected chi connectivity index (χ4v) is 6.07. The van der Waals surface area contributed by atoms with E-state index in [4.69, 9.17) is 33.2 Å². The van der Waals surface area contributed by atoms with Crippen molar-refractivity contribution in [3.63, 3.8) is 0 Å². The highest BCUT2D eigenvalue weighted by atomic mass is 16.6. The van der Waals surface area contributed by atoms with E-state index in [0.717, 1.165) is 96.6 Å². The lowest BCUT2D eigenvalue weighted by atomic mass is 10.1. The summed E-state index contributed by atoms with van der Waals surface area (Å²) in [6.45, 7) is 10.8. The predicted molar refractivity (Wildman–Crippen MR) is 226 cm³/mol. The molecule has 0 N–H and O–H groups in total. The first-order valence-electron chi connectivity index (χ1n) is 19.9. The number of ether oxygens (including phenoxy) is 7. The Morgan fingerprint density at radius 2 is 0.898 bits per heavy atom. The van der Waals surface area contributed by atoms with Crippen LogP contribution in [0.2, 0.25) is 0 Å². The number of carbonyl (C=O) groups is 4. The van der Waals surface area contributed by atoms with Crippen molar-refractivity contribution in [2.75, 3.05) is 33.0 Å². The first-order valence-corrected chi connectivity index (χ1v) is 19.9. The second-order valence-electron chi connectivity index (χ2n) is 13.5. The predicted octanol–water partition coefficient (Wildman–Crippen LogP) is 10.2. The van der Waals surface area contributed by atoms with Crippen LogP contribution in [-0.2, 0) is 19.1 Å². The summed E-state index contributed by atoms with van der Waals surface area (Å²) in [5.74, 6) is 0.224. The third kappa shape index (κ3) is 13.8. The first kappa shape index (κ1) is 43.5. The van der Waals surface area contributed by atoms with Crippen LogP contribution in [0, 0.1) is 0 Å². The third-order valence-electron chi connectivity index (χ3n) is 9.16. The molecule has 11 nitrogen and oxygen atoms in total. The Balaban J connectivity index is 1.10. The number of carbonyl (C=O) groups excluding carboxylic acids is 4. The Labute approximate surface area is 344 Å². The van der Waals surface area contributed by atoms with Crippen LogP contribution in [0.1, 0.15) is 79.0 Å². The maximum Gasteiger partial charge on any atom is 0.343 e. The molecule has 0 unspecified atom stereocenters. The highest BCUT2D eigenvalue weighted by Gasteiger charge is 2.17. The Hall–Kier alpha value is -6.62. The molecule has 0 aliphatic rings. The van der Waals surface area contributed by atoms with Crippen molar-refractivity contribution in [2.45, 2.75) is 58.3 Å². The van der Waals surface area contributed by atoms with Crippen LogP contribution in [0.3, 0.4) is 0 Å². The molecule has 5 aromatic rings. The van der Waals surface area contributed by atoms with Gasteiger partial charge in [-0.1, -0.05) is 37.4 Å². The molecule has 0 heterocycles. The van der Waals surface area contributed by atoms with Gasteiger partial charge in [0, 0.05) is 18.2 Å². The molecule has 0 aliphatic carbocycles. The summed E-state index contributed by atoms with van der Waals surface area (Å²) in [7, 11) is 0. The van der Waals surface area contributed by atoms with Crippen LogP contribution in [0.4, 0.5) is 0 Å². The lowest BCUT2D eigenvalue weighted by Crippen LogP contribution is -2.11. The van der Waals surface area contributed by atoms with Crippen molar-refractivity contribution in [1.82, 2.24) is 0 Å². The Kier molecular flexibility index (Phi) is 16.9. The van der Waals surface area contributed by atoms with Gasteiger partial charge in [0.15, 0.2) is 11.5 Å². The third-order valence-corrected chi connectivity index (χ3v) is 9.16. The van der Waals surface area contributed by atoms with E-state index in [0.29, 0.717) is 44.2 Å². The summed E-state index contributed by atoms with van der Waals surface area (Å²) in [6, 6.07) is 26.6. The van der Waals surface area contributed by atoms with Crippen molar-refractivity contribution in [2.24, 2.45) is 0 Å². The summed E-state index contributed by atoms with van der Waals surface area (Å²) in [4.78, 5) is 48.7. The molecule has 0 saturated carbocycles. The van der Waals surface area contributed by atoms with Gasteiger partial charge in [-0.3, -0.25) is 0 Å². The smallest absolute Gasteiger partial charge is 0.343 e. The van der Waals surface area contributed by atoms with Crippen molar-refractivity contribution >= 4 is 45.4 Å². The van der Waals surface area contributed by atoms with Crippen LogP contribution >= 0.6 is 0 Å². The van der Waals surface area contributed by atoms with Gasteiger partial charge in [-0.2, -0.15) is 0 Å². The molecule has 0 radical (unpaired) electrons. The lowest BCUT2D eigenvalue weighted by Gasteiger charge is -2.13. The lowest BCUT2D eigenvalue weighted by molar-refractivity contribution is -0.138. The minimum absolute atomic E-state index is 0.188. The molecule has 0 amide bonds. The van der Waals surface area contributed by atoms with Crippen LogP contribution in [0.5, 0.6) is 28.7 Å². The van der Waals surface area contributed by atoms with Gasteiger partial charge < -0.3 is 33.2 Å². The van der Waals surface area contributed by atoms with E-state index in [1.54, 1.807) is 37.3 Å². The van der Waals surface area contributed by atoms with Crippen LogP contribution in [-0.4, -0.2) is 56.9 Å². The Morgan fingerprint density at radius 3 is 1.39 bits per heavy atom. The van der Waals surface area contributed by atoms with E-state index in [1.807, 2.05) is 48.5 Å². The van der Waals surface area contributed by atoms with Gasteiger partial charge in [0.2, 0.25) is 0 Å². The number of fused-ring (bicyclic) bond motifs is 2. The van der Waals surface area contributed by atoms with Crippen molar-refractivity contribution in [3.05, 3.63) is 127 Å². The van der Waals surface area contributed by atoms with E-state index in [9.17, 15) is 19.2 Å². The zero-order chi connectivity index (χ0) is 41.8. The van der Waals surface area contributed by atoms with E-state index < -0.39 is 23.9 Å². The first-order chi connectivity index (χ1) is 28.8. The Bertz CT molecular complexity index is 2240. The molecule has 0 aromatic heterocycles. The summed E-state index contributed by atoms with van der Waals surface area (Å²) < 4.78 is 39.1. The molecule has 0 saturated heterocycles. The van der Waals surface area contributed by atoms with Crippen LogP contribution in [0.15, 0.2) is 116 Å². The largest absolute Gasteiger partial charge is 0.494 e. The second kappa shape index (κ2) is 23.0. The van der Waals surface area contributed by atoms with E-state index in [2.05, 4.69) is 13.2 Å².